The van der Waals surface area contributed by atoms with E-state index in [1.54, 1.807) is 31.2 Å². The van der Waals surface area contributed by atoms with Crippen molar-refractivity contribution in [3.05, 3.63) is 51.8 Å². The molecular weight excluding hydrogens is 525 g/mol. The van der Waals surface area contributed by atoms with Crippen LogP contribution in [-0.4, -0.2) is 54.4 Å². The molecule has 0 bridgehead atoms. The molecule has 12 heteroatoms. The number of esters is 1. The fraction of sp³-hybridized carbons (Fsp3) is 0.455. The van der Waals surface area contributed by atoms with Crippen molar-refractivity contribution in [1.82, 2.24) is 9.78 Å². The predicted molar refractivity (Wildman–Crippen MR) is 120 cm³/mol. The Hall–Kier alpha value is -2.57. The van der Waals surface area contributed by atoms with Gasteiger partial charge in [0.15, 0.2) is 5.56 Å². The molecule has 34 heavy (non-hydrogen) atoms. The molecule has 188 valence electrons. The molecule has 0 spiro atoms. The van der Waals surface area contributed by atoms with Gasteiger partial charge in [-0.05, 0) is 33.5 Å². The summed E-state index contributed by atoms with van der Waals surface area (Å²) in [5.41, 5.74) is -0.284. The third-order valence-electron chi connectivity index (χ3n) is 4.95. The molecule has 1 heterocycles. The SMILES string of the molecule is CCC(OC)C(O)Cn1nc(OCc2ccccc2/C(=C\OC)C(=O)OC)c(C(F)(F)F)c1Br. The summed E-state index contributed by atoms with van der Waals surface area (Å²) in [7, 11) is 3.96. The topological polar surface area (TPSA) is 92.0 Å². The van der Waals surface area contributed by atoms with Gasteiger partial charge in [0.05, 0.1) is 39.2 Å². The fourth-order valence-electron chi connectivity index (χ4n) is 3.28. The number of alkyl halides is 3. The minimum absolute atomic E-state index is 0.0697. The standard InChI is InChI=1S/C22H26BrF3N2O6/c1-5-17(32-3)16(29)10-28-19(23)18(22(24,25)26)20(27-28)34-11-13-8-6-7-9-14(13)15(12-31-2)21(30)33-4/h6-9,12,16-17,29H,5,10-11H2,1-4H3/b15-12+. The van der Waals surface area contributed by atoms with E-state index in [-0.39, 0.29) is 23.3 Å². The zero-order valence-electron chi connectivity index (χ0n) is 19.1. The van der Waals surface area contributed by atoms with E-state index in [4.69, 9.17) is 18.9 Å². The first kappa shape index (κ1) is 27.7. The quantitative estimate of drug-likeness (QED) is 0.255. The molecule has 2 rings (SSSR count). The summed E-state index contributed by atoms with van der Waals surface area (Å²) in [5.74, 6) is -1.36. The minimum atomic E-state index is -4.78. The van der Waals surface area contributed by atoms with Crippen LogP contribution in [0.5, 0.6) is 5.88 Å². The Morgan fingerprint density at radius 2 is 1.94 bits per heavy atom. The molecule has 1 aromatic heterocycles. The summed E-state index contributed by atoms with van der Waals surface area (Å²) in [5, 5.41) is 14.3. The van der Waals surface area contributed by atoms with Crippen molar-refractivity contribution in [1.29, 1.82) is 0 Å². The van der Waals surface area contributed by atoms with Crippen LogP contribution in [0.15, 0.2) is 35.1 Å². The fourth-order valence-corrected chi connectivity index (χ4v) is 3.89. The number of aliphatic hydroxyl groups excluding tert-OH is 1. The minimum Gasteiger partial charge on any atom is -0.503 e. The van der Waals surface area contributed by atoms with Crippen molar-refractivity contribution < 1.29 is 42.0 Å². The van der Waals surface area contributed by atoms with Crippen molar-refractivity contribution in [2.45, 2.75) is 44.9 Å². The van der Waals surface area contributed by atoms with Crippen LogP contribution in [0.1, 0.15) is 30.0 Å². The number of ether oxygens (including phenoxy) is 4. The molecule has 0 radical (unpaired) electrons. The second-order valence-corrected chi connectivity index (χ2v) is 7.86. The van der Waals surface area contributed by atoms with E-state index in [1.807, 2.05) is 0 Å². The molecule has 2 unspecified atom stereocenters. The number of methoxy groups -OCH3 is 3. The number of hydrogen-bond donors (Lipinski definition) is 1. The number of carbonyl (C=O) groups excluding carboxylic acids is 1. The zero-order valence-corrected chi connectivity index (χ0v) is 20.6. The lowest BCUT2D eigenvalue weighted by Crippen LogP contribution is -2.32. The smallest absolute Gasteiger partial charge is 0.424 e. The first-order valence-corrected chi connectivity index (χ1v) is 10.9. The van der Waals surface area contributed by atoms with Gasteiger partial charge in [-0.2, -0.15) is 13.2 Å². The second kappa shape index (κ2) is 12.2. The van der Waals surface area contributed by atoms with Crippen LogP contribution in [0.2, 0.25) is 0 Å². The number of carbonyl (C=O) groups is 1. The number of hydrogen-bond acceptors (Lipinski definition) is 7. The molecule has 0 saturated heterocycles. The van der Waals surface area contributed by atoms with Gasteiger partial charge in [0.1, 0.15) is 16.8 Å². The normalized spacial score (nSPS) is 14.0. The molecule has 2 atom stereocenters. The number of nitrogens with zero attached hydrogens (tertiary/aromatic N) is 2. The number of aromatic nitrogens is 2. The zero-order chi connectivity index (χ0) is 25.5. The van der Waals surface area contributed by atoms with E-state index in [0.717, 1.165) is 4.68 Å². The molecule has 2 aromatic rings. The maximum atomic E-state index is 13.8. The summed E-state index contributed by atoms with van der Waals surface area (Å²) in [4.78, 5) is 12.2. The van der Waals surface area contributed by atoms with Crippen molar-refractivity contribution >= 4 is 27.5 Å². The monoisotopic (exact) mass is 550 g/mol. The highest BCUT2D eigenvalue weighted by atomic mass is 79.9. The maximum Gasteiger partial charge on any atom is 0.424 e. The van der Waals surface area contributed by atoms with E-state index in [0.29, 0.717) is 17.5 Å². The Bertz CT molecular complexity index is 1010. The van der Waals surface area contributed by atoms with E-state index < -0.39 is 35.8 Å². The Morgan fingerprint density at radius 1 is 1.26 bits per heavy atom. The summed E-state index contributed by atoms with van der Waals surface area (Å²) in [6, 6.07) is 6.48. The highest BCUT2D eigenvalue weighted by Gasteiger charge is 2.41. The van der Waals surface area contributed by atoms with Crippen LogP contribution in [0, 0.1) is 0 Å². The number of halogens is 4. The van der Waals surface area contributed by atoms with Gasteiger partial charge < -0.3 is 24.1 Å². The van der Waals surface area contributed by atoms with Gasteiger partial charge in [-0.25, -0.2) is 4.79 Å². The number of benzene rings is 1. The first-order chi connectivity index (χ1) is 16.1. The molecule has 0 aliphatic rings. The predicted octanol–water partition coefficient (Wildman–Crippen LogP) is 4.19. The molecule has 1 aromatic carbocycles. The van der Waals surface area contributed by atoms with Crippen LogP contribution >= 0.6 is 15.9 Å². The third kappa shape index (κ3) is 6.51. The van der Waals surface area contributed by atoms with Crippen LogP contribution in [0.3, 0.4) is 0 Å². The van der Waals surface area contributed by atoms with Crippen molar-refractivity contribution in [3.8, 4) is 5.88 Å². The lowest BCUT2D eigenvalue weighted by atomic mass is 10.0. The van der Waals surface area contributed by atoms with E-state index in [2.05, 4.69) is 21.0 Å². The van der Waals surface area contributed by atoms with Gasteiger partial charge in [-0.15, -0.1) is 5.10 Å². The Morgan fingerprint density at radius 3 is 2.50 bits per heavy atom. The van der Waals surface area contributed by atoms with E-state index in [9.17, 15) is 23.1 Å². The Balaban J connectivity index is 2.40. The van der Waals surface area contributed by atoms with E-state index >= 15 is 0 Å². The number of rotatable bonds is 11. The largest absolute Gasteiger partial charge is 0.503 e. The summed E-state index contributed by atoms with van der Waals surface area (Å²) in [6.07, 6.45) is -4.82. The lowest BCUT2D eigenvalue weighted by molar-refractivity contribution is -0.139. The maximum absolute atomic E-state index is 13.8. The summed E-state index contributed by atoms with van der Waals surface area (Å²) < 4.78 is 62.3. The van der Waals surface area contributed by atoms with Crippen molar-refractivity contribution in [2.75, 3.05) is 21.3 Å². The van der Waals surface area contributed by atoms with Crippen LogP contribution in [0.25, 0.3) is 5.57 Å². The molecule has 0 amide bonds. The van der Waals surface area contributed by atoms with Gasteiger partial charge in [0.2, 0.25) is 5.88 Å². The Kier molecular flexibility index (Phi) is 9.95. The average molecular weight is 551 g/mol. The second-order valence-electron chi connectivity index (χ2n) is 7.11. The molecule has 0 fully saturated rings. The van der Waals surface area contributed by atoms with Gasteiger partial charge in [0, 0.05) is 7.11 Å². The summed E-state index contributed by atoms with van der Waals surface area (Å²) >= 11 is 2.93. The van der Waals surface area contributed by atoms with Crippen LogP contribution < -0.4 is 4.74 Å². The van der Waals surface area contributed by atoms with E-state index in [1.165, 1.54) is 27.6 Å². The van der Waals surface area contributed by atoms with Crippen molar-refractivity contribution in [3.63, 3.8) is 0 Å². The number of aliphatic hydroxyl groups is 1. The lowest BCUT2D eigenvalue weighted by Gasteiger charge is -2.20. The highest BCUT2D eigenvalue weighted by molar-refractivity contribution is 9.10. The van der Waals surface area contributed by atoms with Gasteiger partial charge in [0.25, 0.3) is 0 Å². The molecule has 0 aliphatic heterocycles. The summed E-state index contributed by atoms with van der Waals surface area (Å²) in [6.45, 7) is 1.20. The highest BCUT2D eigenvalue weighted by Crippen LogP contribution is 2.41. The average Bonchev–Trinajstić information content (AvgIpc) is 3.11. The van der Waals surface area contributed by atoms with Gasteiger partial charge in [-0.1, -0.05) is 31.2 Å². The van der Waals surface area contributed by atoms with Crippen LogP contribution in [0.4, 0.5) is 13.2 Å². The molecule has 0 aliphatic carbocycles. The Labute approximate surface area is 203 Å². The van der Waals surface area contributed by atoms with Crippen LogP contribution in [-0.2, 0) is 38.3 Å². The third-order valence-corrected chi connectivity index (χ3v) is 5.75. The molecular formula is C22H26BrF3N2O6. The molecule has 0 saturated carbocycles. The molecule has 8 nitrogen and oxygen atoms in total. The molecule has 1 N–H and O–H groups in total. The first-order valence-electron chi connectivity index (χ1n) is 10.2. The van der Waals surface area contributed by atoms with Gasteiger partial charge >= 0.3 is 12.1 Å². The van der Waals surface area contributed by atoms with Gasteiger partial charge in [-0.3, -0.25) is 4.68 Å². The van der Waals surface area contributed by atoms with Crippen molar-refractivity contribution in [2.24, 2.45) is 0 Å².